The van der Waals surface area contributed by atoms with E-state index in [0.29, 0.717) is 62.4 Å². The molecule has 13 nitrogen and oxygen atoms in total. The Kier molecular flexibility index (Phi) is 9.59. The first-order chi connectivity index (χ1) is 27.1. The number of fused-ring (bicyclic) bond motifs is 7. The van der Waals surface area contributed by atoms with Crippen LogP contribution in [0.5, 0.6) is 11.8 Å². The number of anilines is 1. The highest BCUT2D eigenvalue weighted by molar-refractivity contribution is 6.02. The maximum atomic E-state index is 17.6. The number of nitrogens with one attached hydrogen (secondary N) is 1. The van der Waals surface area contributed by atoms with Gasteiger partial charge in [0.1, 0.15) is 29.4 Å². The number of carbonyl (C=O) groups is 2. The molecule has 10 rings (SSSR count). The quantitative estimate of drug-likeness (QED) is 0.240. The number of nitrogens with zero attached hydrogens (tertiary/aromatic N) is 6. The average Bonchev–Trinajstić information content (AvgIpc) is 3.75. The molecule has 3 unspecified atom stereocenters. The van der Waals surface area contributed by atoms with Gasteiger partial charge in [-0.15, -0.1) is 0 Å². The molecular formula is C42H50FN7O6. The molecule has 4 saturated heterocycles. The summed E-state index contributed by atoms with van der Waals surface area (Å²) in [6, 6.07) is 9.42. The van der Waals surface area contributed by atoms with E-state index in [1.807, 2.05) is 39.0 Å². The molecule has 1 N–H and O–H groups in total. The first-order valence-electron chi connectivity index (χ1n) is 20.2. The zero-order valence-electron chi connectivity index (χ0n) is 32.4. The van der Waals surface area contributed by atoms with Crippen molar-refractivity contribution >= 4 is 39.7 Å². The summed E-state index contributed by atoms with van der Waals surface area (Å²) >= 11 is 0. The second-order valence-electron chi connectivity index (χ2n) is 16.7. The first-order valence-corrected chi connectivity index (χ1v) is 20.2. The van der Waals surface area contributed by atoms with E-state index in [1.54, 1.807) is 23.2 Å². The molecule has 56 heavy (non-hydrogen) atoms. The number of morpholine rings is 1. The molecule has 296 valence electrons. The lowest BCUT2D eigenvalue weighted by atomic mass is 9.91. The lowest BCUT2D eigenvalue weighted by Gasteiger charge is -2.41. The van der Waals surface area contributed by atoms with Crippen LogP contribution in [0.1, 0.15) is 71.3 Å². The number of alkyl carbamates (subject to hydrolysis) is 1. The number of piperidine rings is 1. The normalized spacial score (nSPS) is 25.2. The lowest BCUT2D eigenvalue weighted by molar-refractivity contribution is -0.0592. The summed E-state index contributed by atoms with van der Waals surface area (Å²) in [6.45, 7) is 10.4. The van der Waals surface area contributed by atoms with E-state index >= 15 is 4.39 Å². The Bertz CT molecular complexity index is 2170. The molecule has 8 heterocycles. The highest BCUT2D eigenvalue weighted by Gasteiger charge is 2.45. The zero-order chi connectivity index (χ0) is 38.6. The third-order valence-corrected chi connectivity index (χ3v) is 12.3. The Balaban J connectivity index is 1.18. The predicted octanol–water partition coefficient (Wildman–Crippen LogP) is 6.63. The summed E-state index contributed by atoms with van der Waals surface area (Å²) in [5.41, 5.74) is 0.870. The van der Waals surface area contributed by atoms with Crippen molar-refractivity contribution in [3.8, 4) is 23.0 Å². The largest absolute Gasteiger partial charge is 0.461 e. The Hall–Kier alpha value is -4.82. The van der Waals surface area contributed by atoms with Crippen molar-refractivity contribution in [2.45, 2.75) is 95.4 Å². The molecule has 0 radical (unpaired) electrons. The predicted molar refractivity (Wildman–Crippen MR) is 209 cm³/mol. The Morgan fingerprint density at radius 2 is 1.82 bits per heavy atom. The summed E-state index contributed by atoms with van der Waals surface area (Å²) in [7, 11) is 0. The Morgan fingerprint density at radius 3 is 2.62 bits per heavy atom. The molecule has 6 bridgehead atoms. The first kappa shape index (κ1) is 36.8. The van der Waals surface area contributed by atoms with E-state index < -0.39 is 23.5 Å². The number of halogens is 1. The minimum atomic E-state index is -0.617. The van der Waals surface area contributed by atoms with Crippen molar-refractivity contribution in [1.29, 1.82) is 0 Å². The summed E-state index contributed by atoms with van der Waals surface area (Å²) in [5.74, 6) is 0.155. The van der Waals surface area contributed by atoms with Crippen LogP contribution in [0, 0.1) is 5.82 Å². The van der Waals surface area contributed by atoms with Gasteiger partial charge >= 0.3 is 18.2 Å². The van der Waals surface area contributed by atoms with Crippen LogP contribution in [0.15, 0.2) is 36.5 Å². The molecule has 14 heteroatoms. The van der Waals surface area contributed by atoms with E-state index in [1.165, 1.54) is 0 Å². The fourth-order valence-electron chi connectivity index (χ4n) is 9.83. The van der Waals surface area contributed by atoms with Gasteiger partial charge in [-0.2, -0.15) is 9.97 Å². The third-order valence-electron chi connectivity index (χ3n) is 12.3. The third kappa shape index (κ3) is 6.95. The lowest BCUT2D eigenvalue weighted by Crippen LogP contribution is -2.57. The van der Waals surface area contributed by atoms with Gasteiger partial charge in [0.2, 0.25) is 0 Å². The molecule has 4 fully saturated rings. The molecular weight excluding hydrogens is 718 g/mol. The van der Waals surface area contributed by atoms with E-state index in [4.69, 9.17) is 33.9 Å². The van der Waals surface area contributed by atoms with Crippen LogP contribution >= 0.6 is 0 Å². The number of hydrogen-bond donors (Lipinski definition) is 1. The second-order valence-corrected chi connectivity index (χ2v) is 16.7. The topological polar surface area (TPSA) is 131 Å². The fourth-order valence-corrected chi connectivity index (χ4v) is 9.83. The monoisotopic (exact) mass is 767 g/mol. The SMILES string of the molecule is CC1CN(C(=O)Oc2cc3c4c(cccc4c2)CCCOC(=O)NC2(C)CCCN(C2)c2nc(OCC45CCCN4CCC5)nc4c(F)c-3ncc24)CC(C)O1. The van der Waals surface area contributed by atoms with Crippen molar-refractivity contribution in [1.82, 2.24) is 30.1 Å². The summed E-state index contributed by atoms with van der Waals surface area (Å²) in [4.78, 5) is 47.5. The smallest absolute Gasteiger partial charge is 0.415 e. The summed E-state index contributed by atoms with van der Waals surface area (Å²) < 4.78 is 41.6. The van der Waals surface area contributed by atoms with Gasteiger partial charge in [-0.25, -0.2) is 14.0 Å². The van der Waals surface area contributed by atoms with Crippen LogP contribution < -0.4 is 19.7 Å². The van der Waals surface area contributed by atoms with Gasteiger partial charge < -0.3 is 34.1 Å². The van der Waals surface area contributed by atoms with E-state index in [9.17, 15) is 9.59 Å². The fraction of sp³-hybridized carbons (Fsp3) is 0.548. The average molecular weight is 768 g/mol. The molecule has 3 atom stereocenters. The van der Waals surface area contributed by atoms with Crippen LogP contribution in [0.3, 0.4) is 0 Å². The van der Waals surface area contributed by atoms with Gasteiger partial charge in [0, 0.05) is 24.8 Å². The molecule has 0 saturated carbocycles. The van der Waals surface area contributed by atoms with Crippen LogP contribution in [-0.4, -0.2) is 113 Å². The highest BCUT2D eigenvalue weighted by Crippen LogP contribution is 2.42. The number of amides is 2. The summed E-state index contributed by atoms with van der Waals surface area (Å²) in [5, 5.41) is 5.08. The second kappa shape index (κ2) is 14.6. The molecule has 0 spiro atoms. The standard InChI is InChI=1S/C42H50FN7O6/c1-26-22-49(23-27(2)55-26)40(52)56-30-19-29-10-4-9-28-11-5-18-53-39(51)47-41(3)12-6-15-48(24-41)37-32-21-44-35(31(20-30)33(28)29)34(43)36(32)45-38(46-37)54-25-42-13-7-16-50(42)17-8-14-42/h4,9-10,19-21,26-27H,5-8,11-18,22-25H2,1-3H3,(H,47,51). The minimum Gasteiger partial charge on any atom is -0.461 e. The molecule has 6 aliphatic rings. The number of carbonyl (C=O) groups excluding carboxylic acids is 2. The van der Waals surface area contributed by atoms with E-state index in [0.717, 1.165) is 68.0 Å². The maximum absolute atomic E-state index is 17.6. The van der Waals surface area contributed by atoms with E-state index in [2.05, 4.69) is 15.1 Å². The van der Waals surface area contributed by atoms with Gasteiger partial charge in [-0.05, 0) is 114 Å². The van der Waals surface area contributed by atoms with Crippen LogP contribution in [0.2, 0.25) is 0 Å². The molecule has 2 amide bonds. The van der Waals surface area contributed by atoms with Crippen molar-refractivity contribution < 1.29 is 32.9 Å². The highest BCUT2D eigenvalue weighted by atomic mass is 19.1. The molecule has 2 aromatic carbocycles. The van der Waals surface area contributed by atoms with Gasteiger partial charge in [0.05, 0.1) is 48.4 Å². The number of aryl methyl sites for hydroxylation is 1. The molecule has 4 aromatic rings. The van der Waals surface area contributed by atoms with Gasteiger partial charge in [0.15, 0.2) is 5.82 Å². The van der Waals surface area contributed by atoms with Crippen molar-refractivity contribution in [2.24, 2.45) is 0 Å². The molecule has 2 aromatic heterocycles. The molecule has 0 aliphatic carbocycles. The van der Waals surface area contributed by atoms with Gasteiger partial charge in [0.25, 0.3) is 0 Å². The van der Waals surface area contributed by atoms with Crippen molar-refractivity contribution in [3.05, 3.63) is 47.9 Å². The van der Waals surface area contributed by atoms with Crippen LogP contribution in [0.4, 0.5) is 19.8 Å². The van der Waals surface area contributed by atoms with Crippen molar-refractivity contribution in [3.63, 3.8) is 0 Å². The minimum absolute atomic E-state index is 0.0643. The number of aromatic nitrogens is 3. The summed E-state index contributed by atoms with van der Waals surface area (Å²) in [6.07, 6.45) is 7.32. The van der Waals surface area contributed by atoms with Crippen LogP contribution in [0.25, 0.3) is 32.9 Å². The number of hydrogen-bond acceptors (Lipinski definition) is 11. The van der Waals surface area contributed by atoms with Crippen molar-refractivity contribution in [2.75, 3.05) is 57.4 Å². The number of ether oxygens (including phenoxy) is 4. The van der Waals surface area contributed by atoms with Gasteiger partial charge in [-0.1, -0.05) is 18.2 Å². The number of rotatable bonds is 4. The Morgan fingerprint density at radius 1 is 1.04 bits per heavy atom. The van der Waals surface area contributed by atoms with E-state index in [-0.39, 0.29) is 47.3 Å². The maximum Gasteiger partial charge on any atom is 0.415 e. The number of pyridine rings is 1. The van der Waals surface area contributed by atoms with Gasteiger partial charge in [-0.3, -0.25) is 9.88 Å². The Labute approximate surface area is 325 Å². The zero-order valence-corrected chi connectivity index (χ0v) is 32.4. The molecule has 6 aliphatic heterocycles. The van der Waals surface area contributed by atoms with Crippen LogP contribution in [-0.2, 0) is 15.9 Å². The number of benzene rings is 2.